The predicted octanol–water partition coefficient (Wildman–Crippen LogP) is 1.56. The van der Waals surface area contributed by atoms with Crippen molar-refractivity contribution in [3.05, 3.63) is 16.9 Å². The molecule has 0 aromatic carbocycles. The van der Waals surface area contributed by atoms with Gasteiger partial charge in [0.15, 0.2) is 5.69 Å². The molecule has 0 N–H and O–H groups in total. The predicted molar refractivity (Wildman–Crippen MR) is 57.9 cm³/mol. The van der Waals surface area contributed by atoms with Crippen molar-refractivity contribution in [3.8, 4) is 0 Å². The van der Waals surface area contributed by atoms with Gasteiger partial charge in [-0.1, -0.05) is 11.6 Å². The second-order valence-electron chi connectivity index (χ2n) is 4.10. The van der Waals surface area contributed by atoms with Gasteiger partial charge in [-0.25, -0.2) is 0 Å². The maximum atomic E-state index is 11.9. The van der Waals surface area contributed by atoms with Crippen LogP contribution in [0.2, 0.25) is 5.15 Å². The molecule has 5 heteroatoms. The fourth-order valence-corrected chi connectivity index (χ4v) is 1.66. The first-order valence-electron chi connectivity index (χ1n) is 5.03. The summed E-state index contributed by atoms with van der Waals surface area (Å²) in [6.45, 7) is 0.826. The van der Waals surface area contributed by atoms with Gasteiger partial charge in [0.25, 0.3) is 5.91 Å². The van der Waals surface area contributed by atoms with Gasteiger partial charge in [0.05, 0.1) is 0 Å². The van der Waals surface area contributed by atoms with E-state index in [-0.39, 0.29) is 5.91 Å². The summed E-state index contributed by atoms with van der Waals surface area (Å²) in [6.07, 6.45) is 2.47. The lowest BCUT2D eigenvalue weighted by molar-refractivity contribution is 0.0782. The summed E-state index contributed by atoms with van der Waals surface area (Å²) in [5.41, 5.74) is 0.422. The Bertz CT molecular complexity index is 365. The van der Waals surface area contributed by atoms with Gasteiger partial charge in [0, 0.05) is 26.7 Å². The molecule has 82 valence electrons. The van der Waals surface area contributed by atoms with Gasteiger partial charge < -0.3 is 4.90 Å². The first kappa shape index (κ1) is 10.5. The number of carbonyl (C=O) groups is 1. The minimum Gasteiger partial charge on any atom is -0.340 e. The number of nitrogens with zero attached hydrogens (tertiary/aromatic N) is 3. The third-order valence-electron chi connectivity index (χ3n) is 2.62. The van der Waals surface area contributed by atoms with Crippen molar-refractivity contribution in [1.82, 2.24) is 14.7 Å². The molecule has 0 spiro atoms. The van der Waals surface area contributed by atoms with Crippen molar-refractivity contribution in [2.45, 2.75) is 12.8 Å². The van der Waals surface area contributed by atoms with Gasteiger partial charge >= 0.3 is 0 Å². The van der Waals surface area contributed by atoms with E-state index in [9.17, 15) is 4.79 Å². The van der Waals surface area contributed by atoms with Crippen LogP contribution < -0.4 is 0 Å². The number of hydrogen-bond acceptors (Lipinski definition) is 2. The lowest BCUT2D eigenvalue weighted by atomic mass is 10.3. The number of halogens is 1. The summed E-state index contributed by atoms with van der Waals surface area (Å²) in [7, 11) is 3.53. The number of rotatable bonds is 3. The average Bonchev–Trinajstić information content (AvgIpc) is 2.93. The molecule has 1 amide bonds. The summed E-state index contributed by atoms with van der Waals surface area (Å²) in [4.78, 5) is 13.6. The Morgan fingerprint density at radius 3 is 2.87 bits per heavy atom. The van der Waals surface area contributed by atoms with E-state index in [1.54, 1.807) is 18.0 Å². The first-order valence-corrected chi connectivity index (χ1v) is 5.40. The number of hydrogen-bond donors (Lipinski definition) is 0. The van der Waals surface area contributed by atoms with Crippen LogP contribution in [0.3, 0.4) is 0 Å². The third-order valence-corrected chi connectivity index (χ3v) is 2.97. The van der Waals surface area contributed by atoms with Crippen LogP contribution in [0.5, 0.6) is 0 Å². The summed E-state index contributed by atoms with van der Waals surface area (Å²) >= 11 is 5.83. The quantitative estimate of drug-likeness (QED) is 0.786. The van der Waals surface area contributed by atoms with E-state index in [0.717, 1.165) is 6.54 Å². The SMILES string of the molecule is CN(CC1CC1)C(=O)c1cc(Cl)n(C)n1. The molecule has 0 bridgehead atoms. The average molecular weight is 228 g/mol. The van der Waals surface area contributed by atoms with Crippen LogP contribution >= 0.6 is 11.6 Å². The second kappa shape index (κ2) is 3.85. The Morgan fingerprint density at radius 2 is 2.40 bits per heavy atom. The summed E-state index contributed by atoms with van der Waals surface area (Å²) in [5.74, 6) is 0.641. The molecule has 1 aromatic rings. The number of aromatic nitrogens is 2. The third kappa shape index (κ3) is 2.31. The van der Waals surface area contributed by atoms with Gasteiger partial charge in [0.1, 0.15) is 5.15 Å². The van der Waals surface area contributed by atoms with Crippen LogP contribution in [0.25, 0.3) is 0 Å². The molecule has 0 saturated heterocycles. The molecule has 1 heterocycles. The standard InChI is InChI=1S/C10H14ClN3O/c1-13(6-7-3-4-7)10(15)8-5-9(11)14(2)12-8/h5,7H,3-4,6H2,1-2H3. The summed E-state index contributed by atoms with van der Waals surface area (Å²) in [6, 6.07) is 1.60. The van der Waals surface area contributed by atoms with Crippen LogP contribution in [0.15, 0.2) is 6.07 Å². The molecule has 1 saturated carbocycles. The van der Waals surface area contributed by atoms with Crippen molar-refractivity contribution in [2.75, 3.05) is 13.6 Å². The van der Waals surface area contributed by atoms with E-state index >= 15 is 0 Å². The Kier molecular flexibility index (Phi) is 2.69. The van der Waals surface area contributed by atoms with Crippen LogP contribution in [0, 0.1) is 5.92 Å². The lowest BCUT2D eigenvalue weighted by Crippen LogP contribution is -2.29. The number of aryl methyl sites for hydroxylation is 1. The first-order chi connectivity index (χ1) is 7.08. The Morgan fingerprint density at radius 1 is 1.73 bits per heavy atom. The van der Waals surface area contributed by atoms with Gasteiger partial charge in [-0.3, -0.25) is 9.48 Å². The van der Waals surface area contributed by atoms with E-state index in [1.807, 2.05) is 7.05 Å². The van der Waals surface area contributed by atoms with Crippen molar-refractivity contribution < 1.29 is 4.79 Å². The van der Waals surface area contributed by atoms with E-state index in [4.69, 9.17) is 11.6 Å². The molecule has 0 aliphatic heterocycles. The number of carbonyl (C=O) groups excluding carboxylic acids is 1. The Balaban J connectivity index is 2.05. The normalized spacial score (nSPS) is 15.4. The molecule has 0 radical (unpaired) electrons. The zero-order valence-electron chi connectivity index (χ0n) is 8.90. The van der Waals surface area contributed by atoms with Gasteiger partial charge in [0.2, 0.25) is 0 Å². The van der Waals surface area contributed by atoms with Crippen molar-refractivity contribution in [2.24, 2.45) is 13.0 Å². The monoisotopic (exact) mass is 227 g/mol. The maximum absolute atomic E-state index is 11.9. The molecule has 0 unspecified atom stereocenters. The van der Waals surface area contributed by atoms with Crippen LogP contribution in [-0.2, 0) is 7.05 Å². The smallest absolute Gasteiger partial charge is 0.274 e. The highest BCUT2D eigenvalue weighted by atomic mass is 35.5. The molecular formula is C10H14ClN3O. The topological polar surface area (TPSA) is 38.1 Å². The molecule has 15 heavy (non-hydrogen) atoms. The molecule has 0 atom stereocenters. The minimum absolute atomic E-state index is 0.0515. The molecular weight excluding hydrogens is 214 g/mol. The molecule has 1 aliphatic carbocycles. The molecule has 1 aromatic heterocycles. The summed E-state index contributed by atoms with van der Waals surface area (Å²) in [5, 5.41) is 4.54. The molecule has 1 aliphatic rings. The molecule has 2 rings (SSSR count). The van der Waals surface area contributed by atoms with Crippen LogP contribution in [-0.4, -0.2) is 34.2 Å². The number of amides is 1. The fraction of sp³-hybridized carbons (Fsp3) is 0.600. The Hall–Kier alpha value is -1.03. The van der Waals surface area contributed by atoms with E-state index in [2.05, 4.69) is 5.10 Å². The zero-order valence-corrected chi connectivity index (χ0v) is 9.66. The van der Waals surface area contributed by atoms with Crippen molar-refractivity contribution in [3.63, 3.8) is 0 Å². The lowest BCUT2D eigenvalue weighted by Gasteiger charge is -2.14. The van der Waals surface area contributed by atoms with Gasteiger partial charge in [-0.15, -0.1) is 0 Å². The molecule has 4 nitrogen and oxygen atoms in total. The van der Waals surface area contributed by atoms with Crippen molar-refractivity contribution >= 4 is 17.5 Å². The van der Waals surface area contributed by atoms with Crippen LogP contribution in [0.4, 0.5) is 0 Å². The minimum atomic E-state index is -0.0515. The largest absolute Gasteiger partial charge is 0.340 e. The zero-order chi connectivity index (χ0) is 11.0. The van der Waals surface area contributed by atoms with Gasteiger partial charge in [-0.05, 0) is 18.8 Å². The highest BCUT2D eigenvalue weighted by molar-refractivity contribution is 6.29. The second-order valence-corrected chi connectivity index (χ2v) is 4.49. The maximum Gasteiger partial charge on any atom is 0.274 e. The highest BCUT2D eigenvalue weighted by Gasteiger charge is 2.26. The van der Waals surface area contributed by atoms with Crippen LogP contribution in [0.1, 0.15) is 23.3 Å². The van der Waals surface area contributed by atoms with E-state index < -0.39 is 0 Å². The highest BCUT2D eigenvalue weighted by Crippen LogP contribution is 2.29. The molecule has 1 fully saturated rings. The van der Waals surface area contributed by atoms with E-state index in [0.29, 0.717) is 16.8 Å². The fourth-order valence-electron chi connectivity index (χ4n) is 1.52. The Labute approximate surface area is 93.8 Å². The van der Waals surface area contributed by atoms with Gasteiger partial charge in [-0.2, -0.15) is 5.10 Å². The van der Waals surface area contributed by atoms with Crippen molar-refractivity contribution in [1.29, 1.82) is 0 Å². The van der Waals surface area contributed by atoms with E-state index in [1.165, 1.54) is 17.5 Å². The summed E-state index contributed by atoms with van der Waals surface area (Å²) < 4.78 is 1.50.